The largest absolute Gasteiger partial charge is 0.353 e. The third-order valence-corrected chi connectivity index (χ3v) is 6.70. The Morgan fingerprint density at radius 2 is 1.94 bits per heavy atom. The van der Waals surface area contributed by atoms with Gasteiger partial charge in [0.25, 0.3) is 5.56 Å². The number of fused-ring (bicyclic) bond motifs is 1. The summed E-state index contributed by atoms with van der Waals surface area (Å²) in [5.74, 6) is 0.967. The van der Waals surface area contributed by atoms with Crippen molar-refractivity contribution >= 4 is 16.8 Å². The number of rotatable bonds is 5. The topological polar surface area (TPSA) is 74.2 Å². The van der Waals surface area contributed by atoms with Gasteiger partial charge in [0.15, 0.2) is 0 Å². The first-order valence-corrected chi connectivity index (χ1v) is 11.8. The Morgan fingerprint density at radius 3 is 2.55 bits per heavy atom. The fourth-order valence-corrected chi connectivity index (χ4v) is 4.99. The van der Waals surface area contributed by atoms with Crippen LogP contribution in [0.4, 0.5) is 0 Å². The molecule has 7 nitrogen and oxygen atoms in total. The SMILES string of the molecule is Cc1nc(-c2[nH]c3ccc(C4CCN(C(=O)CN(C)C)CC4)cc3c2C(C)C)cn(C)c1=O. The first-order valence-electron chi connectivity index (χ1n) is 11.8. The van der Waals surface area contributed by atoms with E-state index < -0.39 is 0 Å². The standard InChI is InChI=1S/C26H35N5O2/c1-16(2)24-20-13-19(18-9-11-31(12-10-18)23(32)15-29(4)5)7-8-21(20)28-25(24)22-14-30(6)26(33)17(3)27-22/h7-8,13-14,16,18,28H,9-12,15H2,1-6H3. The molecular weight excluding hydrogens is 414 g/mol. The van der Waals surface area contributed by atoms with Crippen LogP contribution in [0.3, 0.4) is 0 Å². The number of H-pyrrole nitrogens is 1. The van der Waals surface area contributed by atoms with Crippen molar-refractivity contribution in [1.82, 2.24) is 24.3 Å². The maximum atomic E-state index is 12.4. The van der Waals surface area contributed by atoms with Crippen LogP contribution < -0.4 is 5.56 Å². The number of benzene rings is 1. The van der Waals surface area contributed by atoms with Crippen molar-refractivity contribution in [1.29, 1.82) is 0 Å². The van der Waals surface area contributed by atoms with E-state index in [-0.39, 0.29) is 11.5 Å². The number of likely N-dealkylation sites (tertiary alicyclic amines) is 1. The van der Waals surface area contributed by atoms with E-state index in [9.17, 15) is 9.59 Å². The molecular formula is C26H35N5O2. The molecule has 0 aliphatic carbocycles. The Labute approximate surface area is 195 Å². The highest BCUT2D eigenvalue weighted by Gasteiger charge is 2.25. The molecule has 4 rings (SSSR count). The van der Waals surface area contributed by atoms with Crippen LogP contribution in [0.1, 0.15) is 55.3 Å². The lowest BCUT2D eigenvalue weighted by Crippen LogP contribution is -2.42. The average molecular weight is 450 g/mol. The Morgan fingerprint density at radius 1 is 1.24 bits per heavy atom. The zero-order valence-corrected chi connectivity index (χ0v) is 20.6. The number of piperidine rings is 1. The second kappa shape index (κ2) is 9.14. The maximum Gasteiger partial charge on any atom is 0.271 e. The Bertz CT molecular complexity index is 1200. The smallest absolute Gasteiger partial charge is 0.271 e. The number of aryl methyl sites for hydroxylation is 2. The predicted octanol–water partition coefficient (Wildman–Crippen LogP) is 3.63. The molecule has 7 heteroatoms. The van der Waals surface area contributed by atoms with Crippen LogP contribution in [-0.4, -0.2) is 64.0 Å². The van der Waals surface area contributed by atoms with Gasteiger partial charge in [-0.15, -0.1) is 0 Å². The summed E-state index contributed by atoms with van der Waals surface area (Å²) in [5.41, 5.74) is 5.86. The quantitative estimate of drug-likeness (QED) is 0.646. The highest BCUT2D eigenvalue weighted by atomic mass is 16.2. The van der Waals surface area contributed by atoms with Crippen molar-refractivity contribution in [3.05, 3.63) is 51.6 Å². The number of likely N-dealkylation sites (N-methyl/N-ethyl adjacent to an activating group) is 1. The van der Waals surface area contributed by atoms with Crippen molar-refractivity contribution in [2.24, 2.45) is 7.05 Å². The van der Waals surface area contributed by atoms with Crippen molar-refractivity contribution < 1.29 is 4.79 Å². The number of hydrogen-bond acceptors (Lipinski definition) is 4. The van der Waals surface area contributed by atoms with Crippen molar-refractivity contribution in [3.63, 3.8) is 0 Å². The summed E-state index contributed by atoms with van der Waals surface area (Å²) < 4.78 is 1.60. The number of nitrogens with one attached hydrogen (secondary N) is 1. The van der Waals surface area contributed by atoms with Crippen LogP contribution in [-0.2, 0) is 11.8 Å². The van der Waals surface area contributed by atoms with Gasteiger partial charge in [-0.3, -0.25) is 9.59 Å². The van der Waals surface area contributed by atoms with E-state index in [2.05, 4.69) is 42.0 Å². The fraction of sp³-hybridized carbons (Fsp3) is 0.500. The summed E-state index contributed by atoms with van der Waals surface area (Å²) in [6.07, 6.45) is 3.79. The molecule has 0 unspecified atom stereocenters. The number of carbonyl (C=O) groups is 1. The average Bonchev–Trinajstić information content (AvgIpc) is 3.16. The molecule has 3 aromatic rings. The van der Waals surface area contributed by atoms with E-state index in [1.165, 1.54) is 16.5 Å². The Kier molecular flexibility index (Phi) is 6.43. The number of aromatic nitrogens is 3. The van der Waals surface area contributed by atoms with Gasteiger partial charge in [0.1, 0.15) is 11.4 Å². The minimum atomic E-state index is -0.0707. The summed E-state index contributed by atoms with van der Waals surface area (Å²) in [7, 11) is 5.64. The maximum absolute atomic E-state index is 12.4. The monoisotopic (exact) mass is 449 g/mol. The molecule has 33 heavy (non-hydrogen) atoms. The van der Waals surface area contributed by atoms with Gasteiger partial charge in [0, 0.05) is 37.2 Å². The summed E-state index contributed by atoms with van der Waals surface area (Å²) in [5, 5.41) is 1.22. The molecule has 0 spiro atoms. The number of carbonyl (C=O) groups excluding carboxylic acids is 1. The lowest BCUT2D eigenvalue weighted by molar-refractivity contribution is -0.132. The molecule has 1 aliphatic rings. The zero-order chi connectivity index (χ0) is 23.9. The van der Waals surface area contributed by atoms with Crippen molar-refractivity contribution in [3.8, 4) is 11.4 Å². The number of aromatic amines is 1. The van der Waals surface area contributed by atoms with Gasteiger partial charge in [-0.05, 0) is 69.0 Å². The summed E-state index contributed by atoms with van der Waals surface area (Å²) in [6.45, 7) is 8.25. The fourth-order valence-electron chi connectivity index (χ4n) is 4.99. The predicted molar refractivity (Wildman–Crippen MR) is 133 cm³/mol. The summed E-state index contributed by atoms with van der Waals surface area (Å²) >= 11 is 0. The van der Waals surface area contributed by atoms with Gasteiger partial charge in [0.2, 0.25) is 5.91 Å². The molecule has 0 radical (unpaired) electrons. The number of hydrogen-bond donors (Lipinski definition) is 1. The molecule has 2 aromatic heterocycles. The molecule has 3 heterocycles. The molecule has 0 atom stereocenters. The van der Waals surface area contributed by atoms with Crippen LogP contribution in [0.25, 0.3) is 22.3 Å². The molecule has 0 bridgehead atoms. The van der Waals surface area contributed by atoms with E-state index in [0.717, 1.165) is 42.8 Å². The molecule has 1 aliphatic heterocycles. The van der Waals surface area contributed by atoms with E-state index >= 15 is 0 Å². The zero-order valence-electron chi connectivity index (χ0n) is 20.6. The normalized spacial score (nSPS) is 15.2. The van der Waals surface area contributed by atoms with Gasteiger partial charge >= 0.3 is 0 Å². The lowest BCUT2D eigenvalue weighted by atomic mass is 9.87. The molecule has 176 valence electrons. The first-order chi connectivity index (χ1) is 15.7. The van der Waals surface area contributed by atoms with E-state index in [4.69, 9.17) is 0 Å². The molecule has 1 fully saturated rings. The summed E-state index contributed by atoms with van der Waals surface area (Å²) in [6, 6.07) is 6.70. The van der Waals surface area contributed by atoms with Gasteiger partial charge in [0.05, 0.1) is 12.2 Å². The van der Waals surface area contributed by atoms with Crippen LogP contribution in [0.15, 0.2) is 29.2 Å². The van der Waals surface area contributed by atoms with Gasteiger partial charge in [-0.1, -0.05) is 19.9 Å². The van der Waals surface area contributed by atoms with Gasteiger partial charge < -0.3 is 19.4 Å². The Hall–Kier alpha value is -2.93. The first kappa shape index (κ1) is 23.2. The molecule has 0 saturated carbocycles. The van der Waals surface area contributed by atoms with Crippen LogP contribution in [0, 0.1) is 6.92 Å². The van der Waals surface area contributed by atoms with E-state index in [1.807, 2.05) is 30.1 Å². The minimum Gasteiger partial charge on any atom is -0.353 e. The third kappa shape index (κ3) is 4.60. The third-order valence-electron chi connectivity index (χ3n) is 6.70. The van der Waals surface area contributed by atoms with E-state index in [0.29, 0.717) is 24.1 Å². The molecule has 1 saturated heterocycles. The second-order valence-electron chi connectivity index (χ2n) is 9.89. The lowest BCUT2D eigenvalue weighted by Gasteiger charge is -2.33. The second-order valence-corrected chi connectivity index (χ2v) is 9.89. The van der Waals surface area contributed by atoms with Crippen molar-refractivity contribution in [2.45, 2.75) is 45.4 Å². The van der Waals surface area contributed by atoms with Crippen LogP contribution in [0.5, 0.6) is 0 Å². The van der Waals surface area contributed by atoms with Crippen LogP contribution >= 0.6 is 0 Å². The molecule has 1 aromatic carbocycles. The molecule has 1 amide bonds. The highest BCUT2D eigenvalue weighted by molar-refractivity contribution is 5.91. The van der Waals surface area contributed by atoms with Crippen LogP contribution in [0.2, 0.25) is 0 Å². The summed E-state index contributed by atoms with van der Waals surface area (Å²) in [4.78, 5) is 36.6. The van der Waals surface area contributed by atoms with Gasteiger partial charge in [-0.2, -0.15) is 0 Å². The highest BCUT2D eigenvalue weighted by Crippen LogP contribution is 2.37. The Balaban J connectivity index is 1.65. The number of amides is 1. The van der Waals surface area contributed by atoms with Gasteiger partial charge in [-0.25, -0.2) is 4.98 Å². The minimum absolute atomic E-state index is 0.0707. The van der Waals surface area contributed by atoms with E-state index in [1.54, 1.807) is 18.5 Å². The number of nitrogens with zero attached hydrogens (tertiary/aromatic N) is 4. The molecule has 1 N–H and O–H groups in total. The van der Waals surface area contributed by atoms with Crippen molar-refractivity contribution in [2.75, 3.05) is 33.7 Å².